The van der Waals surface area contributed by atoms with Crippen molar-refractivity contribution in [2.45, 2.75) is 185 Å². The van der Waals surface area contributed by atoms with Gasteiger partial charge in [-0.15, -0.1) is 11.8 Å². The molecule has 0 saturated carbocycles. The van der Waals surface area contributed by atoms with E-state index in [2.05, 4.69) is 20.3 Å². The number of aromatic nitrogens is 4. The van der Waals surface area contributed by atoms with E-state index in [1.165, 1.54) is 43.8 Å². The number of aliphatic hydroxyl groups is 1. The molecule has 4 saturated heterocycles. The second-order valence-corrected chi connectivity index (χ2v) is 24.8. The van der Waals surface area contributed by atoms with Crippen molar-refractivity contribution in [2.24, 2.45) is 29.6 Å². The number of esters is 2. The van der Waals surface area contributed by atoms with E-state index in [0.29, 0.717) is 11.9 Å². The Hall–Kier alpha value is -3.78. The zero-order valence-electron chi connectivity index (χ0n) is 48.0. The number of thioether (sulfide) groups is 1. The monoisotopic (exact) mass is 1170 g/mol. The molecule has 3 aromatic heterocycles. The van der Waals surface area contributed by atoms with Crippen molar-refractivity contribution >= 4 is 81.1 Å². The Morgan fingerprint density at radius 3 is 2.23 bits per heavy atom. The number of rotatable bonds is 15. The van der Waals surface area contributed by atoms with Crippen molar-refractivity contribution in [3.05, 3.63) is 40.5 Å². The number of anilines is 2. The van der Waals surface area contributed by atoms with Gasteiger partial charge in [-0.3, -0.25) is 29.1 Å². The zero-order chi connectivity index (χ0) is 58.2. The summed E-state index contributed by atoms with van der Waals surface area (Å²) in [6, 6.07) is -0.381. The van der Waals surface area contributed by atoms with Crippen LogP contribution in [0.25, 0.3) is 11.0 Å². The lowest BCUT2D eigenvalue weighted by atomic mass is 9.70. The van der Waals surface area contributed by atoms with Gasteiger partial charge >= 0.3 is 11.9 Å². The minimum atomic E-state index is -1.50. The Kier molecular flexibility index (Phi) is 20.2. The van der Waals surface area contributed by atoms with Crippen LogP contribution in [0, 0.1) is 29.6 Å². The SMILES string of the molecule is CC[C@H]1OC(=O)[C@H](C)[C@@H](O[C@H]2C[C@@](C)(OC)[C@@H](O)[C@H](C)O2)[C@H](C)[C@@H](O[C@@H]2O[C@H](C)C[C@@H](OC)[C@@H]2N(C)C)[C@](C)(OC)C[C@@H](C)C(=O)[C@H](C)[C@H]2C(SCCn3cnc4c(N)ncc(C(=O)Nc5c(Cl)cncc5Cl)c43)C(=O)O[C@@]21C. The summed E-state index contributed by atoms with van der Waals surface area (Å²) in [7, 11) is 8.61. The maximum atomic E-state index is 15.4. The maximum Gasteiger partial charge on any atom is 0.320 e. The molecule has 440 valence electrons. The van der Waals surface area contributed by atoms with Gasteiger partial charge in [0.2, 0.25) is 0 Å². The van der Waals surface area contributed by atoms with Gasteiger partial charge in [-0.1, -0.05) is 50.9 Å². The van der Waals surface area contributed by atoms with Gasteiger partial charge in [0.25, 0.3) is 5.91 Å². The predicted molar refractivity (Wildman–Crippen MR) is 298 cm³/mol. The van der Waals surface area contributed by atoms with Crippen molar-refractivity contribution in [1.29, 1.82) is 0 Å². The highest BCUT2D eigenvalue weighted by Gasteiger charge is 2.62. The lowest BCUT2D eigenvalue weighted by molar-refractivity contribution is -0.316. The summed E-state index contributed by atoms with van der Waals surface area (Å²) >= 11 is 14.0. The van der Waals surface area contributed by atoms with Crippen LogP contribution in [0.1, 0.15) is 105 Å². The van der Waals surface area contributed by atoms with Crippen molar-refractivity contribution in [3.63, 3.8) is 0 Å². The van der Waals surface area contributed by atoms with Crippen LogP contribution in [-0.4, -0.2) is 178 Å². The molecular weight excluding hydrogens is 1090 g/mol. The summed E-state index contributed by atoms with van der Waals surface area (Å²) in [6.45, 7) is 18.4. The van der Waals surface area contributed by atoms with Crippen molar-refractivity contribution in [1.82, 2.24) is 24.4 Å². The van der Waals surface area contributed by atoms with E-state index in [1.807, 2.05) is 53.6 Å². The number of carbonyl (C=O) groups excluding carboxylic acids is 4. The Labute approximate surface area is 477 Å². The first-order chi connectivity index (χ1) is 37.2. The van der Waals surface area contributed by atoms with Crippen LogP contribution in [0.4, 0.5) is 11.5 Å². The molecule has 4 fully saturated rings. The Balaban J connectivity index is 1.26. The van der Waals surface area contributed by atoms with E-state index in [0.717, 1.165) is 0 Å². The van der Waals surface area contributed by atoms with E-state index in [-0.39, 0.29) is 88.2 Å². The van der Waals surface area contributed by atoms with Gasteiger partial charge in [-0.2, -0.15) is 0 Å². The first-order valence-electron chi connectivity index (χ1n) is 27.1. The van der Waals surface area contributed by atoms with E-state index < -0.39 is 113 Å². The molecule has 7 heterocycles. The summed E-state index contributed by atoms with van der Waals surface area (Å²) in [6.07, 6.45) is -0.408. The normalized spacial score (nSPS) is 37.8. The standard InChI is InChI=1S/C55H81Cl2N7O14S/c1-16-36-55(10)38(45(51(69)78-55)79-18-17-64-25-61-40-41(64)32(22-60-48(40)58)49(67)62-39-33(56)23-59-24-34(39)57)28(4)43(65)26(2)20-54(9,72-15)47(77-52-42(63(11)12)35(70-13)19-27(3)73-52)29(5)44(30(6)50(68)75-36)76-37-21-53(8,71-14)46(66)31(7)74-37/h22-31,35-38,42,44-47,52,66H,16-21H2,1-15H3,(H2,58,60)(H,59,62,67)/t26-,27-,28-,29+,30-,31+,35-,36-,37+,38+,42+,44+,45?,46+,47-,52+,53-,54-,55-/m1/s1. The lowest BCUT2D eigenvalue weighted by Gasteiger charge is -2.50. The lowest BCUT2D eigenvalue weighted by Crippen LogP contribution is -2.62. The van der Waals surface area contributed by atoms with Crippen LogP contribution in [-0.2, 0) is 63.6 Å². The highest BCUT2D eigenvalue weighted by Crippen LogP contribution is 2.50. The van der Waals surface area contributed by atoms with E-state index in [9.17, 15) is 14.7 Å². The van der Waals surface area contributed by atoms with Gasteiger partial charge in [0.15, 0.2) is 24.0 Å². The van der Waals surface area contributed by atoms with Crippen LogP contribution in [0.2, 0.25) is 10.0 Å². The number of pyridine rings is 2. The average molecular weight is 1170 g/mol. The number of hydrogen-bond acceptors (Lipinski definition) is 20. The molecule has 0 bridgehead atoms. The zero-order valence-corrected chi connectivity index (χ0v) is 50.4. The van der Waals surface area contributed by atoms with Gasteiger partial charge in [0.1, 0.15) is 28.8 Å². The number of aliphatic hydroxyl groups excluding tert-OH is 1. The van der Waals surface area contributed by atoms with Gasteiger partial charge < -0.3 is 63.4 Å². The molecular formula is C55H81Cl2N7O14S. The van der Waals surface area contributed by atoms with Crippen LogP contribution >= 0.6 is 35.0 Å². The van der Waals surface area contributed by atoms with Crippen molar-refractivity contribution in [2.75, 3.05) is 52.2 Å². The number of halogens is 2. The number of ketones is 1. The minimum Gasteiger partial charge on any atom is -0.458 e. The molecule has 4 N–H and O–H groups in total. The molecule has 0 spiro atoms. The number of fused-ring (bicyclic) bond motifs is 2. The average Bonchev–Trinajstić information content (AvgIpc) is 3.95. The Bertz CT molecular complexity index is 2650. The minimum absolute atomic E-state index is 0.0961. The summed E-state index contributed by atoms with van der Waals surface area (Å²) < 4.78 is 60.5. The molecule has 24 heteroatoms. The van der Waals surface area contributed by atoms with Gasteiger partial charge in [-0.25, -0.2) is 9.97 Å². The smallest absolute Gasteiger partial charge is 0.320 e. The molecule has 0 radical (unpaired) electrons. The van der Waals surface area contributed by atoms with E-state index >= 15 is 9.59 Å². The number of nitrogen functional groups attached to an aromatic ring is 1. The van der Waals surface area contributed by atoms with E-state index in [4.69, 9.17) is 71.6 Å². The molecule has 3 aromatic rings. The summed E-state index contributed by atoms with van der Waals surface area (Å²) in [5, 5.41) is 13.3. The molecule has 4 aliphatic rings. The third-order valence-electron chi connectivity index (χ3n) is 17.1. The molecule has 0 aliphatic carbocycles. The largest absolute Gasteiger partial charge is 0.458 e. The third-order valence-corrected chi connectivity index (χ3v) is 18.9. The molecule has 1 amide bonds. The fraction of sp³-hybridized carbons (Fsp3) is 0.727. The number of imidazole rings is 1. The van der Waals surface area contributed by atoms with Crippen LogP contribution in [0.15, 0.2) is 24.9 Å². The topological polar surface area (TPSA) is 256 Å². The number of nitrogens with zero attached hydrogens (tertiary/aromatic N) is 5. The summed E-state index contributed by atoms with van der Waals surface area (Å²) in [4.78, 5) is 73.7. The number of nitrogens with two attached hydrogens (primary N) is 1. The fourth-order valence-electron chi connectivity index (χ4n) is 12.6. The number of cyclic esters (lactones) is 1. The predicted octanol–water partition coefficient (Wildman–Crippen LogP) is 7.00. The summed E-state index contributed by atoms with van der Waals surface area (Å²) in [5.41, 5.74) is 3.40. The van der Waals surface area contributed by atoms with Gasteiger partial charge in [-0.05, 0) is 68.5 Å². The highest BCUT2D eigenvalue weighted by atomic mass is 35.5. The quantitative estimate of drug-likeness (QED) is 0.129. The Morgan fingerprint density at radius 2 is 1.61 bits per heavy atom. The maximum absolute atomic E-state index is 15.4. The van der Waals surface area contributed by atoms with Gasteiger partial charge in [0, 0.05) is 88.7 Å². The van der Waals surface area contributed by atoms with Crippen LogP contribution in [0.5, 0.6) is 0 Å². The molecule has 21 nitrogen and oxygen atoms in total. The Morgan fingerprint density at radius 1 is 0.937 bits per heavy atom. The second kappa shape index (κ2) is 25.4. The number of aryl methyl sites for hydroxylation is 1. The molecule has 0 aromatic carbocycles. The second-order valence-electron chi connectivity index (χ2n) is 22.7. The van der Waals surface area contributed by atoms with Crippen molar-refractivity contribution in [3.8, 4) is 0 Å². The van der Waals surface area contributed by atoms with Crippen LogP contribution < -0.4 is 11.1 Å². The third kappa shape index (κ3) is 12.6. The molecule has 79 heavy (non-hydrogen) atoms. The first-order valence-corrected chi connectivity index (χ1v) is 28.9. The molecule has 1 unspecified atom stereocenters. The number of methoxy groups -OCH3 is 3. The fourth-order valence-corrected chi connectivity index (χ4v) is 14.5. The number of likely N-dealkylation sites (N-methyl/N-ethyl adjacent to an activating group) is 1. The molecule has 4 aliphatic heterocycles. The number of nitrogens with one attached hydrogen (secondary N) is 1. The highest BCUT2D eigenvalue weighted by molar-refractivity contribution is 8.00. The summed E-state index contributed by atoms with van der Waals surface area (Å²) in [5.74, 6) is -5.69. The number of carbonyl (C=O) groups is 4. The van der Waals surface area contributed by atoms with Gasteiger partial charge in [0.05, 0.1) is 86.8 Å². The number of ether oxygens (including phenoxy) is 9. The molecule has 7 rings (SSSR count). The van der Waals surface area contributed by atoms with E-state index in [1.54, 1.807) is 53.4 Å². The van der Waals surface area contributed by atoms with Crippen molar-refractivity contribution < 1.29 is 66.9 Å². The van der Waals surface area contributed by atoms with Crippen LogP contribution in [0.3, 0.4) is 0 Å². The number of hydrogen-bond donors (Lipinski definition) is 3. The number of amides is 1. The molecule has 19 atom stereocenters. The number of Topliss-reactive ketones (excluding diaryl/α,β-unsaturated/α-hetero) is 1. The first kappa shape index (κ1) is 62.8.